The molecular formula is C24H23N3O3. The molecule has 0 spiro atoms. The van der Waals surface area contributed by atoms with E-state index in [9.17, 15) is 4.79 Å². The average Bonchev–Trinajstić information content (AvgIpc) is 3.14. The third-order valence-electron chi connectivity index (χ3n) is 4.75. The molecule has 6 heteroatoms. The first kappa shape index (κ1) is 19.5. The van der Waals surface area contributed by atoms with Gasteiger partial charge in [0.1, 0.15) is 23.9 Å². The van der Waals surface area contributed by atoms with E-state index in [4.69, 9.17) is 14.5 Å². The second-order valence-electron chi connectivity index (χ2n) is 6.74. The molecule has 6 nitrogen and oxygen atoms in total. The highest BCUT2D eigenvalue weighted by Crippen LogP contribution is 2.26. The van der Waals surface area contributed by atoms with Gasteiger partial charge in [0.15, 0.2) is 0 Å². The van der Waals surface area contributed by atoms with Crippen molar-refractivity contribution in [2.75, 3.05) is 19.0 Å². The zero-order valence-corrected chi connectivity index (χ0v) is 17.0. The van der Waals surface area contributed by atoms with Crippen LogP contribution < -0.4 is 14.8 Å². The summed E-state index contributed by atoms with van der Waals surface area (Å²) in [6, 6.07) is 22.8. The van der Waals surface area contributed by atoms with Crippen LogP contribution in [0.3, 0.4) is 0 Å². The molecule has 1 N–H and O–H groups in total. The zero-order valence-electron chi connectivity index (χ0n) is 17.0. The van der Waals surface area contributed by atoms with E-state index in [1.807, 2.05) is 84.3 Å². The second kappa shape index (κ2) is 8.69. The molecule has 4 aromatic rings. The van der Waals surface area contributed by atoms with Gasteiger partial charge in [0.05, 0.1) is 24.8 Å². The molecule has 0 atom stereocenters. The Bertz CT molecular complexity index is 1150. The lowest BCUT2D eigenvalue weighted by atomic mass is 10.2. The summed E-state index contributed by atoms with van der Waals surface area (Å²) in [6.07, 6.45) is 0. The Balaban J connectivity index is 1.61. The van der Waals surface area contributed by atoms with Crippen LogP contribution in [0.4, 0.5) is 5.69 Å². The monoisotopic (exact) mass is 401 g/mol. The second-order valence-corrected chi connectivity index (χ2v) is 6.74. The van der Waals surface area contributed by atoms with Gasteiger partial charge in [-0.3, -0.25) is 4.79 Å². The molecule has 1 heterocycles. The van der Waals surface area contributed by atoms with Gasteiger partial charge >= 0.3 is 0 Å². The van der Waals surface area contributed by atoms with Crippen LogP contribution in [0.1, 0.15) is 6.92 Å². The Hall–Kier alpha value is -3.80. The fraction of sp³-hybridized carbons (Fsp3) is 0.167. The van der Waals surface area contributed by atoms with Crippen molar-refractivity contribution in [3.05, 3.63) is 72.8 Å². The summed E-state index contributed by atoms with van der Waals surface area (Å²) >= 11 is 0. The van der Waals surface area contributed by atoms with Crippen molar-refractivity contribution >= 4 is 22.6 Å². The van der Waals surface area contributed by atoms with E-state index in [1.165, 1.54) is 0 Å². The standard InChI is InChI=1S/C24H23N3O3/c1-3-30-20-14-10-18(11-15-20)25-23(28)16-27-22-7-5-4-6-21(22)26-24(27)17-8-12-19(29-2)13-9-17/h4-15H,3,16H2,1-2H3,(H,25,28). The Morgan fingerprint density at radius 2 is 1.67 bits per heavy atom. The quantitative estimate of drug-likeness (QED) is 0.485. The van der Waals surface area contributed by atoms with E-state index >= 15 is 0 Å². The van der Waals surface area contributed by atoms with Crippen molar-refractivity contribution in [3.8, 4) is 22.9 Å². The number of nitrogens with zero attached hydrogens (tertiary/aromatic N) is 2. The number of hydrogen-bond donors (Lipinski definition) is 1. The van der Waals surface area contributed by atoms with Gasteiger partial charge < -0.3 is 19.4 Å². The van der Waals surface area contributed by atoms with E-state index in [-0.39, 0.29) is 12.5 Å². The maximum atomic E-state index is 12.8. The predicted octanol–water partition coefficient (Wildman–Crippen LogP) is 4.75. The molecule has 0 fully saturated rings. The van der Waals surface area contributed by atoms with Crippen molar-refractivity contribution < 1.29 is 14.3 Å². The van der Waals surface area contributed by atoms with Gasteiger partial charge in [0, 0.05) is 11.3 Å². The van der Waals surface area contributed by atoms with Crippen molar-refractivity contribution in [3.63, 3.8) is 0 Å². The highest BCUT2D eigenvalue weighted by molar-refractivity contribution is 5.92. The molecule has 0 aliphatic carbocycles. The zero-order chi connectivity index (χ0) is 20.9. The first-order valence-corrected chi connectivity index (χ1v) is 9.80. The first-order valence-electron chi connectivity index (χ1n) is 9.80. The van der Waals surface area contributed by atoms with Gasteiger partial charge in [-0.15, -0.1) is 0 Å². The summed E-state index contributed by atoms with van der Waals surface area (Å²) in [5.41, 5.74) is 3.39. The van der Waals surface area contributed by atoms with E-state index in [2.05, 4.69) is 5.32 Å². The van der Waals surface area contributed by atoms with Gasteiger partial charge in [-0.25, -0.2) is 4.98 Å². The van der Waals surface area contributed by atoms with Gasteiger partial charge in [-0.1, -0.05) is 12.1 Å². The molecule has 152 valence electrons. The normalized spacial score (nSPS) is 10.7. The van der Waals surface area contributed by atoms with Crippen LogP contribution in [0.5, 0.6) is 11.5 Å². The number of ether oxygens (including phenoxy) is 2. The number of benzene rings is 3. The number of rotatable bonds is 7. The van der Waals surface area contributed by atoms with E-state index < -0.39 is 0 Å². The highest BCUT2D eigenvalue weighted by Gasteiger charge is 2.15. The Morgan fingerprint density at radius 1 is 0.967 bits per heavy atom. The Labute approximate surface area is 175 Å². The minimum atomic E-state index is -0.128. The molecule has 1 amide bonds. The van der Waals surface area contributed by atoms with Crippen LogP contribution in [0.15, 0.2) is 72.8 Å². The number of hydrogen-bond acceptors (Lipinski definition) is 4. The molecule has 0 unspecified atom stereocenters. The Kier molecular flexibility index (Phi) is 5.66. The van der Waals surface area contributed by atoms with Crippen LogP contribution >= 0.6 is 0 Å². The molecule has 0 saturated carbocycles. The molecule has 0 saturated heterocycles. The van der Waals surface area contributed by atoms with Crippen LogP contribution in [-0.2, 0) is 11.3 Å². The minimum absolute atomic E-state index is 0.128. The number of aromatic nitrogens is 2. The largest absolute Gasteiger partial charge is 0.497 e. The average molecular weight is 401 g/mol. The summed E-state index contributed by atoms with van der Waals surface area (Å²) < 4.78 is 12.6. The maximum absolute atomic E-state index is 12.8. The van der Waals surface area contributed by atoms with Crippen molar-refractivity contribution in [1.82, 2.24) is 9.55 Å². The van der Waals surface area contributed by atoms with Crippen LogP contribution in [0.25, 0.3) is 22.4 Å². The number of methoxy groups -OCH3 is 1. The SMILES string of the molecule is CCOc1ccc(NC(=O)Cn2c(-c3ccc(OC)cc3)nc3ccccc32)cc1. The third kappa shape index (κ3) is 4.12. The molecule has 0 bridgehead atoms. The molecule has 4 rings (SSSR count). The van der Waals surface area contributed by atoms with Gasteiger partial charge in [-0.05, 0) is 67.6 Å². The molecule has 3 aromatic carbocycles. The summed E-state index contributed by atoms with van der Waals surface area (Å²) in [7, 11) is 1.63. The lowest BCUT2D eigenvalue weighted by Gasteiger charge is -2.11. The Morgan fingerprint density at radius 3 is 2.37 bits per heavy atom. The molecule has 0 radical (unpaired) electrons. The van der Waals surface area contributed by atoms with Crippen LogP contribution in [0, 0.1) is 0 Å². The predicted molar refractivity (Wildman–Crippen MR) is 118 cm³/mol. The summed E-state index contributed by atoms with van der Waals surface area (Å²) in [5, 5.41) is 2.95. The molecule has 30 heavy (non-hydrogen) atoms. The molecule has 0 aliphatic rings. The molecule has 1 aromatic heterocycles. The van der Waals surface area contributed by atoms with E-state index in [1.54, 1.807) is 7.11 Å². The van der Waals surface area contributed by atoms with Gasteiger partial charge in [0.2, 0.25) is 5.91 Å². The number of carbonyl (C=O) groups is 1. The minimum Gasteiger partial charge on any atom is -0.497 e. The fourth-order valence-electron chi connectivity index (χ4n) is 3.34. The maximum Gasteiger partial charge on any atom is 0.244 e. The fourth-order valence-corrected chi connectivity index (χ4v) is 3.34. The number of carbonyl (C=O) groups excluding carboxylic acids is 1. The number of amides is 1. The third-order valence-corrected chi connectivity index (χ3v) is 4.75. The van der Waals surface area contributed by atoms with E-state index in [0.29, 0.717) is 6.61 Å². The van der Waals surface area contributed by atoms with Crippen molar-refractivity contribution in [2.45, 2.75) is 13.5 Å². The number of nitrogens with one attached hydrogen (secondary N) is 1. The van der Waals surface area contributed by atoms with Gasteiger partial charge in [-0.2, -0.15) is 0 Å². The van der Waals surface area contributed by atoms with Crippen LogP contribution in [-0.4, -0.2) is 29.2 Å². The lowest BCUT2D eigenvalue weighted by molar-refractivity contribution is -0.116. The van der Waals surface area contributed by atoms with E-state index in [0.717, 1.165) is 39.6 Å². The number of para-hydroxylation sites is 2. The smallest absolute Gasteiger partial charge is 0.244 e. The number of imidazole rings is 1. The summed E-state index contributed by atoms with van der Waals surface area (Å²) in [4.78, 5) is 17.6. The number of anilines is 1. The summed E-state index contributed by atoms with van der Waals surface area (Å²) in [5.74, 6) is 2.16. The summed E-state index contributed by atoms with van der Waals surface area (Å²) in [6.45, 7) is 2.69. The van der Waals surface area contributed by atoms with Gasteiger partial charge in [0.25, 0.3) is 0 Å². The van der Waals surface area contributed by atoms with Crippen molar-refractivity contribution in [2.24, 2.45) is 0 Å². The van der Waals surface area contributed by atoms with Crippen molar-refractivity contribution in [1.29, 1.82) is 0 Å². The highest BCUT2D eigenvalue weighted by atomic mass is 16.5. The number of fused-ring (bicyclic) bond motifs is 1. The first-order chi connectivity index (χ1) is 14.7. The van der Waals surface area contributed by atoms with Crippen LogP contribution in [0.2, 0.25) is 0 Å². The topological polar surface area (TPSA) is 65.4 Å². The molecular weight excluding hydrogens is 378 g/mol. The lowest BCUT2D eigenvalue weighted by Crippen LogP contribution is -2.19. The molecule has 0 aliphatic heterocycles.